The zero-order valence-electron chi connectivity index (χ0n) is 19.8. The van der Waals surface area contributed by atoms with Crippen LogP contribution in [0.15, 0.2) is 89.5 Å². The number of amides is 1. The van der Waals surface area contributed by atoms with Gasteiger partial charge in [0.05, 0.1) is 6.26 Å². The third-order valence-electron chi connectivity index (χ3n) is 6.47. The average Bonchev–Trinajstić information content (AvgIpc) is 3.58. The molecule has 0 aliphatic carbocycles. The van der Waals surface area contributed by atoms with Gasteiger partial charge in [0.1, 0.15) is 17.5 Å². The van der Waals surface area contributed by atoms with Crippen LogP contribution in [0.25, 0.3) is 10.9 Å². The molecular weight excluding hydrogens is 527 g/mol. The maximum absolute atomic E-state index is 13.4. The molecule has 1 aliphatic heterocycles. The Morgan fingerprint density at radius 3 is 2.34 bits per heavy atom. The molecule has 0 saturated heterocycles. The Balaban J connectivity index is 1.35. The molecule has 190 valence electrons. The summed E-state index contributed by atoms with van der Waals surface area (Å²) in [6.07, 6.45) is 1.54. The van der Waals surface area contributed by atoms with E-state index in [-0.39, 0.29) is 5.76 Å². The summed E-state index contributed by atoms with van der Waals surface area (Å²) in [5.74, 6) is 0.264. The molecule has 9 heteroatoms. The molecule has 0 fully saturated rings. The minimum Gasteiger partial charge on any atom is -0.457 e. The van der Waals surface area contributed by atoms with Gasteiger partial charge in [0.25, 0.3) is 0 Å². The topological polar surface area (TPSA) is 84.8 Å². The summed E-state index contributed by atoms with van der Waals surface area (Å²) in [4.78, 5) is 30.9. The van der Waals surface area contributed by atoms with E-state index in [1.54, 1.807) is 47.4 Å². The Hall–Kier alpha value is -4.20. The highest BCUT2D eigenvalue weighted by Crippen LogP contribution is 2.40. The lowest BCUT2D eigenvalue weighted by atomic mass is 9.92. The Morgan fingerprint density at radius 1 is 0.895 bits per heavy atom. The second kappa shape index (κ2) is 9.93. The van der Waals surface area contributed by atoms with Gasteiger partial charge in [-0.1, -0.05) is 35.3 Å². The zero-order chi connectivity index (χ0) is 26.2. The van der Waals surface area contributed by atoms with Crippen LogP contribution in [0.2, 0.25) is 10.0 Å². The number of aromatic amines is 1. The molecule has 1 amide bonds. The Kier molecular flexibility index (Phi) is 6.31. The van der Waals surface area contributed by atoms with Crippen molar-refractivity contribution in [2.45, 2.75) is 12.5 Å². The second-order valence-electron chi connectivity index (χ2n) is 8.81. The van der Waals surface area contributed by atoms with Gasteiger partial charge in [-0.15, -0.1) is 0 Å². The third kappa shape index (κ3) is 4.62. The molecule has 5 aromatic rings. The number of halogens is 2. The largest absolute Gasteiger partial charge is 0.457 e. The first-order valence-corrected chi connectivity index (χ1v) is 12.6. The number of fused-ring (bicyclic) bond motifs is 3. The molecule has 0 saturated carbocycles. The highest BCUT2D eigenvalue weighted by molar-refractivity contribution is 6.31. The molecule has 1 N–H and O–H groups in total. The molecule has 38 heavy (non-hydrogen) atoms. The molecule has 1 unspecified atom stereocenters. The predicted molar refractivity (Wildman–Crippen MR) is 143 cm³/mol. The van der Waals surface area contributed by atoms with Crippen molar-refractivity contribution in [2.24, 2.45) is 0 Å². The number of aromatic nitrogens is 1. The van der Waals surface area contributed by atoms with Gasteiger partial charge in [0.15, 0.2) is 0 Å². The van der Waals surface area contributed by atoms with E-state index in [9.17, 15) is 9.59 Å². The van der Waals surface area contributed by atoms with E-state index >= 15 is 0 Å². The van der Waals surface area contributed by atoms with Gasteiger partial charge in [-0.2, -0.15) is 0 Å². The summed E-state index contributed by atoms with van der Waals surface area (Å²) in [5.41, 5.74) is 3.72. The van der Waals surface area contributed by atoms with Crippen molar-refractivity contribution in [3.63, 3.8) is 0 Å². The van der Waals surface area contributed by atoms with E-state index in [0.29, 0.717) is 34.5 Å². The highest BCUT2D eigenvalue weighted by atomic mass is 35.5. The van der Waals surface area contributed by atoms with E-state index in [2.05, 4.69) is 4.98 Å². The fourth-order valence-electron chi connectivity index (χ4n) is 4.74. The minimum absolute atomic E-state index is 0.110. The first-order valence-electron chi connectivity index (χ1n) is 11.9. The number of H-pyrrole nitrogens is 1. The molecular formula is C29H20Cl2N2O5. The normalized spacial score (nSPS) is 14.8. The molecule has 7 nitrogen and oxygen atoms in total. The van der Waals surface area contributed by atoms with Crippen LogP contribution < -0.4 is 9.47 Å². The van der Waals surface area contributed by atoms with Gasteiger partial charge in [0.2, 0.25) is 5.76 Å². The fraction of sp³-hybridized carbons (Fsp3) is 0.103. The van der Waals surface area contributed by atoms with Gasteiger partial charge in [-0.25, -0.2) is 9.59 Å². The van der Waals surface area contributed by atoms with E-state index in [4.69, 9.17) is 37.1 Å². The van der Waals surface area contributed by atoms with Crippen LogP contribution in [-0.2, 0) is 6.42 Å². The van der Waals surface area contributed by atoms with Crippen LogP contribution in [0.5, 0.6) is 11.5 Å². The van der Waals surface area contributed by atoms with Gasteiger partial charge >= 0.3 is 12.1 Å². The number of ether oxygens (including phenoxy) is 2. The lowest BCUT2D eigenvalue weighted by Crippen LogP contribution is -2.42. The van der Waals surface area contributed by atoms with E-state index in [1.807, 2.05) is 30.3 Å². The number of hydrogen-bond donors (Lipinski definition) is 1. The number of hydrogen-bond acceptors (Lipinski definition) is 5. The van der Waals surface area contributed by atoms with Crippen LogP contribution in [0.1, 0.15) is 33.4 Å². The predicted octanol–water partition coefficient (Wildman–Crippen LogP) is 7.43. The molecule has 0 bridgehead atoms. The minimum atomic E-state index is -0.594. The molecule has 0 radical (unpaired) electrons. The Morgan fingerprint density at radius 2 is 1.61 bits per heavy atom. The fourth-order valence-corrected chi connectivity index (χ4v) is 5.03. The first kappa shape index (κ1) is 24.2. The number of rotatable bonds is 4. The third-order valence-corrected chi connectivity index (χ3v) is 6.96. The number of carbonyl (C=O) groups excluding carboxylic acids is 2. The number of esters is 1. The van der Waals surface area contributed by atoms with Gasteiger partial charge < -0.3 is 18.9 Å². The van der Waals surface area contributed by atoms with Gasteiger partial charge in [-0.3, -0.25) is 4.90 Å². The monoisotopic (exact) mass is 546 g/mol. The summed E-state index contributed by atoms with van der Waals surface area (Å²) < 4.78 is 16.2. The van der Waals surface area contributed by atoms with Crippen molar-refractivity contribution in [3.05, 3.63) is 118 Å². The highest BCUT2D eigenvalue weighted by Gasteiger charge is 2.36. The number of benzene rings is 3. The molecule has 3 heterocycles. The van der Waals surface area contributed by atoms with Crippen molar-refractivity contribution in [2.75, 3.05) is 6.54 Å². The molecule has 1 aliphatic rings. The molecule has 6 rings (SSSR count). The van der Waals surface area contributed by atoms with Crippen LogP contribution >= 0.6 is 23.2 Å². The zero-order valence-corrected chi connectivity index (χ0v) is 21.3. The second-order valence-corrected chi connectivity index (χ2v) is 9.68. The number of carbonyl (C=O) groups is 2. The summed E-state index contributed by atoms with van der Waals surface area (Å²) in [5, 5.41) is 2.21. The van der Waals surface area contributed by atoms with Crippen LogP contribution in [0.3, 0.4) is 0 Å². The molecule has 0 spiro atoms. The van der Waals surface area contributed by atoms with Crippen molar-refractivity contribution < 1.29 is 23.5 Å². The summed E-state index contributed by atoms with van der Waals surface area (Å²) >= 11 is 12.3. The standard InChI is InChI=1S/C29H20Cl2N2O5/c30-18-5-10-21(11-6-18)38-29(35)33-14-13-22-23-16-19(31)7-12-24(23)32-26(22)27(33)17-3-8-20(9-4-17)37-28(34)25-2-1-15-36-25/h1-12,15-16,27,32H,13-14H2. The Bertz CT molecular complexity index is 1630. The van der Waals surface area contributed by atoms with E-state index < -0.39 is 18.1 Å². The van der Waals surface area contributed by atoms with Gasteiger partial charge in [-0.05, 0) is 84.3 Å². The van der Waals surface area contributed by atoms with Crippen molar-refractivity contribution in [1.29, 1.82) is 0 Å². The Labute approximate surface area is 227 Å². The quantitative estimate of drug-likeness (QED) is 0.187. The lowest BCUT2D eigenvalue weighted by Gasteiger charge is -2.35. The summed E-state index contributed by atoms with van der Waals surface area (Å²) in [7, 11) is 0. The summed E-state index contributed by atoms with van der Waals surface area (Å²) in [6.45, 7) is 0.429. The van der Waals surface area contributed by atoms with E-state index in [1.165, 1.54) is 12.3 Å². The van der Waals surface area contributed by atoms with Crippen LogP contribution in [0.4, 0.5) is 4.79 Å². The van der Waals surface area contributed by atoms with Gasteiger partial charge in [0, 0.05) is 33.2 Å². The maximum atomic E-state index is 13.4. The maximum Gasteiger partial charge on any atom is 0.416 e. The molecule has 2 aromatic heterocycles. The first-order chi connectivity index (χ1) is 18.5. The van der Waals surface area contributed by atoms with Crippen LogP contribution in [0, 0.1) is 0 Å². The molecule has 3 aromatic carbocycles. The smallest absolute Gasteiger partial charge is 0.416 e. The number of nitrogens with one attached hydrogen (secondary N) is 1. The van der Waals surface area contributed by atoms with E-state index in [0.717, 1.165) is 27.7 Å². The van der Waals surface area contributed by atoms with Crippen molar-refractivity contribution in [3.8, 4) is 11.5 Å². The average molecular weight is 547 g/mol. The van der Waals surface area contributed by atoms with Crippen LogP contribution in [-0.4, -0.2) is 28.5 Å². The van der Waals surface area contributed by atoms with Crippen molar-refractivity contribution in [1.82, 2.24) is 9.88 Å². The molecule has 1 atom stereocenters. The lowest BCUT2D eigenvalue weighted by molar-refractivity contribution is 0.0701. The number of nitrogens with zero attached hydrogens (tertiary/aromatic N) is 1. The number of furan rings is 1. The summed E-state index contributed by atoms with van der Waals surface area (Å²) in [6, 6.07) is 22.0. The van der Waals surface area contributed by atoms with Crippen molar-refractivity contribution >= 4 is 46.2 Å². The SMILES string of the molecule is O=C(Oc1ccc(C2c3[nH]c4ccc(Cl)cc4c3CCN2C(=O)Oc2ccc(Cl)cc2)cc1)c1ccco1.